The van der Waals surface area contributed by atoms with Crippen LogP contribution in [0, 0.1) is 6.92 Å². The number of hydrogen-bond donors (Lipinski definition) is 1. The molecule has 0 heterocycles. The van der Waals surface area contributed by atoms with E-state index in [1.165, 1.54) is 5.56 Å². The number of hydrogen-bond acceptors (Lipinski definition) is 2. The summed E-state index contributed by atoms with van der Waals surface area (Å²) in [5.41, 5.74) is 2.94. The minimum Gasteiger partial charge on any atom is -0.324 e. The molecule has 2 aromatic rings. The number of carbonyl (C=O) groups is 1. The second-order valence-corrected chi connectivity index (χ2v) is 5.96. The first-order valence-corrected chi connectivity index (χ1v) is 7.66. The molecule has 0 aromatic heterocycles. The van der Waals surface area contributed by atoms with Crippen molar-refractivity contribution in [2.24, 2.45) is 0 Å². The van der Waals surface area contributed by atoms with Crippen molar-refractivity contribution in [3.05, 3.63) is 64.7 Å². The SMILES string of the molecule is Cc1ccc(Cl)cc1NC(=O)[C@@H](C)N(C)Cc1ccccc1. The molecule has 1 atom stereocenters. The van der Waals surface area contributed by atoms with Crippen LogP contribution < -0.4 is 5.32 Å². The number of rotatable bonds is 5. The molecule has 0 aliphatic rings. The van der Waals surface area contributed by atoms with Gasteiger partial charge in [0.25, 0.3) is 0 Å². The molecule has 0 unspecified atom stereocenters. The third-order valence-corrected chi connectivity index (χ3v) is 4.01. The van der Waals surface area contributed by atoms with Gasteiger partial charge in [0.2, 0.25) is 5.91 Å². The minimum atomic E-state index is -0.237. The monoisotopic (exact) mass is 316 g/mol. The van der Waals surface area contributed by atoms with Gasteiger partial charge in [0.05, 0.1) is 6.04 Å². The molecule has 2 rings (SSSR count). The van der Waals surface area contributed by atoms with E-state index in [2.05, 4.69) is 17.4 Å². The fourth-order valence-electron chi connectivity index (χ4n) is 2.17. The largest absolute Gasteiger partial charge is 0.324 e. The predicted molar refractivity (Wildman–Crippen MR) is 92.2 cm³/mol. The van der Waals surface area contributed by atoms with Crippen LogP contribution in [-0.2, 0) is 11.3 Å². The Balaban J connectivity index is 2.01. The summed E-state index contributed by atoms with van der Waals surface area (Å²) in [6.45, 7) is 4.58. The quantitative estimate of drug-likeness (QED) is 0.900. The second kappa shape index (κ2) is 7.43. The molecule has 3 nitrogen and oxygen atoms in total. The van der Waals surface area contributed by atoms with Gasteiger partial charge in [0.1, 0.15) is 0 Å². The molecule has 1 N–H and O–H groups in total. The third kappa shape index (κ3) is 4.33. The van der Waals surface area contributed by atoms with Gasteiger partial charge in [0.15, 0.2) is 0 Å². The molecular weight excluding hydrogens is 296 g/mol. The van der Waals surface area contributed by atoms with Crippen molar-refractivity contribution in [2.75, 3.05) is 12.4 Å². The number of benzene rings is 2. The van der Waals surface area contributed by atoms with Crippen LogP contribution in [0.4, 0.5) is 5.69 Å². The Bertz CT molecular complexity index is 643. The summed E-state index contributed by atoms with van der Waals surface area (Å²) in [4.78, 5) is 14.4. The number of likely N-dealkylation sites (N-methyl/N-ethyl adjacent to an activating group) is 1. The van der Waals surface area contributed by atoms with Crippen molar-refractivity contribution < 1.29 is 4.79 Å². The van der Waals surface area contributed by atoms with E-state index >= 15 is 0 Å². The normalized spacial score (nSPS) is 12.2. The van der Waals surface area contributed by atoms with Crippen LogP contribution >= 0.6 is 11.6 Å². The Kier molecular flexibility index (Phi) is 5.58. The summed E-state index contributed by atoms with van der Waals surface area (Å²) >= 11 is 5.99. The smallest absolute Gasteiger partial charge is 0.241 e. The molecular formula is C18H21ClN2O. The number of anilines is 1. The lowest BCUT2D eigenvalue weighted by atomic mass is 10.1. The lowest BCUT2D eigenvalue weighted by Crippen LogP contribution is -2.39. The van der Waals surface area contributed by atoms with Crippen molar-refractivity contribution in [2.45, 2.75) is 26.4 Å². The van der Waals surface area contributed by atoms with Crippen LogP contribution in [0.5, 0.6) is 0 Å². The Labute approximate surface area is 136 Å². The lowest BCUT2D eigenvalue weighted by molar-refractivity contribution is -0.120. The van der Waals surface area contributed by atoms with Gasteiger partial charge < -0.3 is 5.32 Å². The first kappa shape index (κ1) is 16.5. The van der Waals surface area contributed by atoms with E-state index in [1.807, 2.05) is 56.1 Å². The van der Waals surface area contributed by atoms with Gasteiger partial charge in [-0.1, -0.05) is 48.0 Å². The molecule has 0 spiro atoms. The summed E-state index contributed by atoms with van der Waals surface area (Å²) in [7, 11) is 1.95. The molecule has 22 heavy (non-hydrogen) atoms. The molecule has 4 heteroatoms. The highest BCUT2D eigenvalue weighted by Gasteiger charge is 2.18. The van der Waals surface area contributed by atoms with Crippen LogP contribution in [-0.4, -0.2) is 23.9 Å². The van der Waals surface area contributed by atoms with Gasteiger partial charge in [-0.15, -0.1) is 0 Å². The molecule has 2 aromatic carbocycles. The first-order valence-electron chi connectivity index (χ1n) is 7.28. The Morgan fingerprint density at radius 3 is 2.59 bits per heavy atom. The lowest BCUT2D eigenvalue weighted by Gasteiger charge is -2.24. The highest BCUT2D eigenvalue weighted by atomic mass is 35.5. The van der Waals surface area contributed by atoms with E-state index in [1.54, 1.807) is 6.07 Å². The molecule has 0 bridgehead atoms. The highest BCUT2D eigenvalue weighted by Crippen LogP contribution is 2.20. The predicted octanol–water partition coefficient (Wildman–Crippen LogP) is 4.11. The summed E-state index contributed by atoms with van der Waals surface area (Å²) in [5.74, 6) is -0.0382. The minimum absolute atomic E-state index is 0.0382. The van der Waals surface area contributed by atoms with Crippen molar-refractivity contribution in [1.82, 2.24) is 4.90 Å². The molecule has 0 aliphatic heterocycles. The number of halogens is 1. The molecule has 0 radical (unpaired) electrons. The maximum Gasteiger partial charge on any atom is 0.241 e. The van der Waals surface area contributed by atoms with E-state index in [4.69, 9.17) is 11.6 Å². The van der Waals surface area contributed by atoms with Crippen molar-refractivity contribution in [3.63, 3.8) is 0 Å². The average molecular weight is 317 g/mol. The molecule has 0 aliphatic carbocycles. The van der Waals surface area contributed by atoms with Crippen molar-refractivity contribution >= 4 is 23.2 Å². The standard InChI is InChI=1S/C18H21ClN2O/c1-13-9-10-16(19)11-17(13)20-18(22)14(2)21(3)12-15-7-5-4-6-8-15/h4-11,14H,12H2,1-3H3,(H,20,22)/t14-/m1/s1. The number of nitrogens with zero attached hydrogens (tertiary/aromatic N) is 1. The van der Waals surface area contributed by atoms with Crippen LogP contribution in [0.3, 0.4) is 0 Å². The molecule has 0 saturated heterocycles. The van der Waals surface area contributed by atoms with Gasteiger partial charge in [-0.3, -0.25) is 9.69 Å². The van der Waals surface area contributed by atoms with E-state index in [9.17, 15) is 4.79 Å². The number of amides is 1. The van der Waals surface area contributed by atoms with Crippen molar-refractivity contribution in [1.29, 1.82) is 0 Å². The van der Waals surface area contributed by atoms with Crippen molar-refractivity contribution in [3.8, 4) is 0 Å². The molecule has 116 valence electrons. The number of aryl methyl sites for hydroxylation is 1. The third-order valence-electron chi connectivity index (χ3n) is 3.77. The second-order valence-electron chi connectivity index (χ2n) is 5.53. The van der Waals surface area contributed by atoms with Gasteiger partial charge in [-0.25, -0.2) is 0 Å². The molecule has 0 saturated carbocycles. The average Bonchev–Trinajstić information content (AvgIpc) is 2.51. The summed E-state index contributed by atoms with van der Waals surface area (Å²) in [6.07, 6.45) is 0. The Hall–Kier alpha value is -1.84. The van der Waals surface area contributed by atoms with E-state index in [-0.39, 0.29) is 11.9 Å². The van der Waals surface area contributed by atoms with E-state index in [0.717, 1.165) is 17.8 Å². The first-order chi connectivity index (χ1) is 10.5. The fraction of sp³-hybridized carbons (Fsp3) is 0.278. The zero-order chi connectivity index (χ0) is 16.1. The van der Waals surface area contributed by atoms with Crippen LogP contribution in [0.2, 0.25) is 5.02 Å². The van der Waals surface area contributed by atoms with Gasteiger partial charge in [-0.2, -0.15) is 0 Å². The Morgan fingerprint density at radius 2 is 1.91 bits per heavy atom. The fourth-order valence-corrected chi connectivity index (χ4v) is 2.35. The van der Waals surface area contributed by atoms with Crippen LogP contribution in [0.1, 0.15) is 18.1 Å². The highest BCUT2D eigenvalue weighted by molar-refractivity contribution is 6.31. The summed E-state index contributed by atoms with van der Waals surface area (Å²) < 4.78 is 0. The maximum atomic E-state index is 12.4. The zero-order valence-corrected chi connectivity index (χ0v) is 13.9. The van der Waals surface area contributed by atoms with Gasteiger partial charge >= 0.3 is 0 Å². The molecule has 0 fully saturated rings. The number of nitrogens with one attached hydrogen (secondary N) is 1. The number of carbonyl (C=O) groups excluding carboxylic acids is 1. The molecule has 1 amide bonds. The van der Waals surface area contributed by atoms with Gasteiger partial charge in [0, 0.05) is 17.3 Å². The zero-order valence-electron chi connectivity index (χ0n) is 13.1. The van der Waals surface area contributed by atoms with Gasteiger partial charge in [-0.05, 0) is 44.2 Å². The topological polar surface area (TPSA) is 32.3 Å². The Morgan fingerprint density at radius 1 is 1.23 bits per heavy atom. The van der Waals surface area contributed by atoms with E-state index < -0.39 is 0 Å². The maximum absolute atomic E-state index is 12.4. The summed E-state index contributed by atoms with van der Waals surface area (Å²) in [5, 5.41) is 3.57. The summed E-state index contributed by atoms with van der Waals surface area (Å²) in [6, 6.07) is 15.4. The van der Waals surface area contributed by atoms with Crippen LogP contribution in [0.25, 0.3) is 0 Å². The van der Waals surface area contributed by atoms with Crippen LogP contribution in [0.15, 0.2) is 48.5 Å². The van der Waals surface area contributed by atoms with E-state index in [0.29, 0.717) is 5.02 Å².